The molecule has 0 saturated heterocycles. The average Bonchev–Trinajstić information content (AvgIpc) is 1.52. The van der Waals surface area contributed by atoms with Gasteiger partial charge in [0.25, 0.3) is 5.91 Å². The molecule has 18 aromatic carbocycles. The highest BCUT2D eigenvalue weighted by atomic mass is 16.3. The summed E-state index contributed by atoms with van der Waals surface area (Å²) in [6.45, 7) is 0. The molecule has 0 unspecified atom stereocenters. The smallest absolute Gasteiger partial charge is 0.255 e. The summed E-state index contributed by atoms with van der Waals surface area (Å²) in [7, 11) is 0. The standard InChI is InChI=1S/C25H20N2O2.C25H18N2.C25H20N2.C18H22N2.C13H11N3O.C13H13N3O.C5H7N3.4CH4/c26-21-13-15(9-11-23(21)28)25(16-10-12-24(29)22(27)14-16)19-7-3-1-5-17(19)18-6-2-4-8-20(18)25;26-15-9-11-19-20-12-10-16(27)14-24(20)25(23(19)13-15)21-7-3-1-5-17(21)18-6-2-4-8-22(18)25;26-19-13-9-17(10-14-19)25(18-11-15-20(27)16-12-18)23-7-3-1-5-21(23)22-6-2-4-8-24(22)25;19-16-8-4-14(5-9-16)18(12-2-1-3-13-18)15-6-10-17(20)11-7-15;14-9-3-1-8(2-4-9)13-16-11-6-5-10(15)7-12(11)17-13;14-10-3-1-9(2-4-10)13(17)16-12-7-5-11(15)6-8-12;6-4-1-2-5(7)8-3-4;;;;/h1-14,28-29H,26-27H2;1-14H,26-27H2;1-16H,26-27H2;4-11H,1-3,12-13,19-20H2;1-7H,14-15H2;1-8H,14-15H2,(H,16,17);1-3H,6H2,(H2,7,8);4*1H4. The van der Waals surface area contributed by atoms with Crippen LogP contribution in [0.25, 0.3) is 67.1 Å². The number of pyridine rings is 1. The van der Waals surface area contributed by atoms with Crippen molar-refractivity contribution in [3.8, 4) is 67.5 Å². The number of anilines is 15. The molecule has 0 aliphatic heterocycles. The largest absolute Gasteiger partial charge is 0.506 e. The highest BCUT2D eigenvalue weighted by Crippen LogP contribution is 2.64. The number of rotatable bonds is 9. The maximum Gasteiger partial charge on any atom is 0.255 e. The molecule has 0 radical (unpaired) electrons. The second-order valence-electron chi connectivity index (χ2n) is 36.9. The topological polar surface area (TPSA) is 473 Å². The third-order valence-electron chi connectivity index (χ3n) is 28.0. The number of benzene rings is 18. The number of nitrogens with one attached hydrogen (secondary N) is 1. The van der Waals surface area contributed by atoms with Crippen molar-refractivity contribution in [1.29, 1.82) is 0 Å². The Balaban J connectivity index is 0.000000132. The molecule has 0 atom stereocenters. The van der Waals surface area contributed by atoms with E-state index in [9.17, 15) is 15.0 Å². The lowest BCUT2D eigenvalue weighted by atomic mass is 9.65. The molecule has 748 valence electrons. The normalized spacial score (nSPS) is 13.0. The molecule has 21 nitrogen and oxygen atoms in total. The van der Waals surface area contributed by atoms with E-state index in [1.807, 2.05) is 140 Å². The van der Waals surface area contributed by atoms with Gasteiger partial charge >= 0.3 is 0 Å². The Morgan fingerprint density at radius 3 is 0.940 bits per heavy atom. The minimum atomic E-state index is -0.670. The number of carbonyl (C=O) groups excluding carboxylic acids is 1. The lowest BCUT2D eigenvalue weighted by molar-refractivity contribution is 0.102. The maximum absolute atomic E-state index is 11.8. The summed E-state index contributed by atoms with van der Waals surface area (Å²) in [5.74, 6) is 1.00. The molecule has 2 aromatic heterocycles. The van der Waals surface area contributed by atoms with E-state index in [-0.39, 0.29) is 63.4 Å². The van der Waals surface area contributed by atoms with Gasteiger partial charge in [0.15, 0.2) is 5.58 Å². The van der Waals surface area contributed by atoms with Crippen molar-refractivity contribution in [1.82, 2.24) is 9.97 Å². The molecule has 5 aliphatic rings. The fourth-order valence-electron chi connectivity index (χ4n) is 21.3. The Bertz CT molecular complexity index is 7780. The summed E-state index contributed by atoms with van der Waals surface area (Å²) in [4.78, 5) is 19.9. The third kappa shape index (κ3) is 20.0. The van der Waals surface area contributed by atoms with Crippen LogP contribution in [0.1, 0.15) is 150 Å². The number of nitrogen functional groups attached to an aromatic ring is 14. The van der Waals surface area contributed by atoms with Gasteiger partial charge in [-0.25, -0.2) is 9.97 Å². The van der Waals surface area contributed by atoms with Crippen LogP contribution in [-0.4, -0.2) is 26.1 Å². The predicted molar refractivity (Wildman–Crippen MR) is 624 cm³/mol. The second kappa shape index (κ2) is 44.0. The molecular weight excluding hydrogens is 1840 g/mol. The zero-order chi connectivity index (χ0) is 101. The number of hydrogen-bond acceptors (Lipinski definition) is 20. The van der Waals surface area contributed by atoms with Gasteiger partial charge in [0, 0.05) is 85.2 Å². The van der Waals surface area contributed by atoms with Gasteiger partial charge in [-0.1, -0.05) is 267 Å². The first-order valence-electron chi connectivity index (χ1n) is 47.8. The van der Waals surface area contributed by atoms with Gasteiger partial charge in [-0.15, -0.1) is 0 Å². The van der Waals surface area contributed by atoms with Crippen LogP contribution >= 0.6 is 0 Å². The van der Waals surface area contributed by atoms with E-state index in [1.165, 1.54) is 127 Å². The van der Waals surface area contributed by atoms with Gasteiger partial charge in [-0.3, -0.25) is 4.79 Å². The molecule has 0 bridgehead atoms. The molecule has 25 rings (SSSR count). The van der Waals surface area contributed by atoms with Crippen molar-refractivity contribution in [2.24, 2.45) is 0 Å². The van der Waals surface area contributed by atoms with E-state index in [0.717, 1.165) is 78.6 Å². The number of nitrogens with zero attached hydrogens (tertiary/aromatic N) is 2. The first-order chi connectivity index (χ1) is 70.3. The second-order valence-corrected chi connectivity index (χ2v) is 36.9. The van der Waals surface area contributed by atoms with Crippen molar-refractivity contribution in [2.45, 2.75) is 83.5 Å². The third-order valence-corrected chi connectivity index (χ3v) is 28.0. The quantitative estimate of drug-likeness (QED) is 0.0471. The van der Waals surface area contributed by atoms with E-state index in [4.69, 9.17) is 84.7 Å². The van der Waals surface area contributed by atoms with Crippen molar-refractivity contribution < 1.29 is 19.4 Å². The molecule has 1 saturated carbocycles. The minimum Gasteiger partial charge on any atom is -0.506 e. The number of hydrogen-bond donors (Lipinski definition) is 17. The fraction of sp³-hybridized carbons (Fsp3) is 0.102. The number of phenolic OH excluding ortho intramolecular Hbond substituents is 2. The molecule has 1 amide bonds. The summed E-state index contributed by atoms with van der Waals surface area (Å²) >= 11 is 0. The number of fused-ring (bicyclic) bond motifs is 17. The Morgan fingerprint density at radius 1 is 0.275 bits per heavy atom. The first kappa shape index (κ1) is 104. The van der Waals surface area contributed by atoms with Gasteiger partial charge in [0.2, 0.25) is 5.89 Å². The number of amides is 1. The summed E-state index contributed by atoms with van der Waals surface area (Å²) in [6, 6.07) is 138. The number of phenols is 2. The van der Waals surface area contributed by atoms with Crippen molar-refractivity contribution in [2.75, 3.05) is 85.6 Å². The number of carbonyl (C=O) groups is 1. The van der Waals surface area contributed by atoms with E-state index < -0.39 is 5.41 Å². The summed E-state index contributed by atoms with van der Waals surface area (Å²) in [6.07, 6.45) is 7.85. The van der Waals surface area contributed by atoms with Gasteiger partial charge < -0.3 is 100 Å². The average molecular weight is 1970 g/mol. The molecule has 31 N–H and O–H groups in total. The zero-order valence-electron chi connectivity index (χ0n) is 79.6. The lowest BCUT2D eigenvalue weighted by Gasteiger charge is -2.38. The number of nitrogens with two attached hydrogens (primary N) is 14. The zero-order valence-corrected chi connectivity index (χ0v) is 79.6. The van der Waals surface area contributed by atoms with Crippen LogP contribution in [0.4, 0.5) is 85.4 Å². The Labute approximate surface area is 871 Å². The number of aromatic nitrogens is 2. The van der Waals surface area contributed by atoms with Crippen LogP contribution in [0.5, 0.6) is 11.5 Å². The van der Waals surface area contributed by atoms with Crippen LogP contribution in [0.3, 0.4) is 0 Å². The monoisotopic (exact) mass is 1970 g/mol. The van der Waals surface area contributed by atoms with Crippen LogP contribution in [-0.2, 0) is 21.7 Å². The molecule has 2 heterocycles. The van der Waals surface area contributed by atoms with Gasteiger partial charge in [0.05, 0.1) is 39.5 Å². The van der Waals surface area contributed by atoms with Crippen LogP contribution < -0.4 is 85.6 Å². The molecule has 1 fully saturated rings. The molecule has 21 heteroatoms. The highest BCUT2D eigenvalue weighted by Gasteiger charge is 2.53. The van der Waals surface area contributed by atoms with Gasteiger partial charge in [0.1, 0.15) is 22.8 Å². The van der Waals surface area contributed by atoms with E-state index in [0.29, 0.717) is 68.4 Å². The highest BCUT2D eigenvalue weighted by molar-refractivity contribution is 6.05. The lowest BCUT2D eigenvalue weighted by Crippen LogP contribution is -2.30. The molecule has 149 heavy (non-hydrogen) atoms. The summed E-state index contributed by atoms with van der Waals surface area (Å²) < 4.78 is 5.64. The van der Waals surface area contributed by atoms with Crippen molar-refractivity contribution in [3.05, 3.63) is 508 Å². The summed E-state index contributed by atoms with van der Waals surface area (Å²) in [5.41, 5.74) is 119. The maximum atomic E-state index is 11.8. The van der Waals surface area contributed by atoms with Crippen molar-refractivity contribution in [3.63, 3.8) is 0 Å². The molecule has 1 spiro atoms. The number of oxazole rings is 1. The Hall–Kier alpha value is -19.2. The number of aromatic hydroxyl groups is 2. The van der Waals surface area contributed by atoms with E-state index in [1.54, 1.807) is 84.9 Å². The SMILES string of the molecule is C.C.C.C.Nc1cc(C2(c3ccc(O)c(N)c3)c3ccccc3-c3ccccc32)ccc1O.Nc1ccc(-c2nc3ccc(N)cc3o2)cc1.Nc1ccc(C2(c3ccc(N)cc3)CCCCC2)cc1.Nc1ccc(C2(c3ccc(N)cc3)c3ccccc3-c3ccccc32)cc1.Nc1ccc(N)nc1.Nc1ccc(NC(=O)c2ccc(N)cc2)cc1.Nc1ccc2c(c1)C1(c3ccccc3-c3ccccc31)c1cc(N)ccc1-2. The Kier molecular flexibility index (Phi) is 30.7. The first-order valence-corrected chi connectivity index (χ1v) is 47.8. The van der Waals surface area contributed by atoms with Crippen LogP contribution in [0.15, 0.2) is 429 Å². The van der Waals surface area contributed by atoms with Crippen LogP contribution in [0, 0.1) is 0 Å². The molecule has 5 aliphatic carbocycles. The van der Waals surface area contributed by atoms with Gasteiger partial charge in [-0.05, 0) is 329 Å². The predicted octanol–water partition coefficient (Wildman–Crippen LogP) is 26.7. The Morgan fingerprint density at radius 2 is 0.577 bits per heavy atom. The fourth-order valence-corrected chi connectivity index (χ4v) is 21.3. The molecule has 20 aromatic rings. The van der Waals surface area contributed by atoms with Crippen molar-refractivity contribution >= 4 is 102 Å². The van der Waals surface area contributed by atoms with Gasteiger partial charge in [-0.2, -0.15) is 0 Å². The summed E-state index contributed by atoms with van der Waals surface area (Å²) in [5, 5.41) is 22.8. The molecular formula is C128H127N17O4. The minimum absolute atomic E-state index is 0. The van der Waals surface area contributed by atoms with E-state index in [2.05, 4.69) is 209 Å². The van der Waals surface area contributed by atoms with E-state index >= 15 is 0 Å². The van der Waals surface area contributed by atoms with Crippen LogP contribution in [0.2, 0.25) is 0 Å².